The van der Waals surface area contributed by atoms with Crippen molar-refractivity contribution in [1.29, 1.82) is 0 Å². The van der Waals surface area contributed by atoms with E-state index in [0.29, 0.717) is 24.1 Å². The number of benzene rings is 2. The molecule has 0 saturated heterocycles. The lowest BCUT2D eigenvalue weighted by molar-refractivity contribution is -0.119. The third kappa shape index (κ3) is 5.99. The van der Waals surface area contributed by atoms with E-state index in [2.05, 4.69) is 15.6 Å². The number of halogens is 2. The molecule has 31 heavy (non-hydrogen) atoms. The molecule has 0 aliphatic rings. The topological polar surface area (TPSA) is 89.6 Å². The molecule has 0 bridgehead atoms. The van der Waals surface area contributed by atoms with Crippen LogP contribution in [-0.2, 0) is 9.53 Å². The Morgan fingerprint density at radius 1 is 1.06 bits per heavy atom. The van der Waals surface area contributed by atoms with Crippen molar-refractivity contribution >= 4 is 29.1 Å². The van der Waals surface area contributed by atoms with Gasteiger partial charge in [-0.1, -0.05) is 0 Å². The summed E-state index contributed by atoms with van der Waals surface area (Å²) in [5.41, 5.74) is 0.555. The number of esters is 1. The highest BCUT2D eigenvalue weighted by atomic mass is 19.1. The first-order valence-electron chi connectivity index (χ1n) is 9.33. The fourth-order valence-corrected chi connectivity index (χ4v) is 2.59. The molecule has 2 aromatic carbocycles. The maximum atomic E-state index is 13.6. The number of aromatic nitrogens is 1. The van der Waals surface area contributed by atoms with Gasteiger partial charge in [-0.05, 0) is 55.5 Å². The van der Waals surface area contributed by atoms with Crippen LogP contribution in [0.4, 0.5) is 26.0 Å². The quantitative estimate of drug-likeness (QED) is 0.521. The van der Waals surface area contributed by atoms with Crippen molar-refractivity contribution in [2.75, 3.05) is 23.8 Å². The predicted molar refractivity (Wildman–Crippen MR) is 110 cm³/mol. The van der Waals surface area contributed by atoms with E-state index in [1.165, 1.54) is 12.3 Å². The SMILES string of the molecule is CCOc1ccc(Nc2ncccc2C(=O)OCC(=O)Nc2ccc(F)cc2F)cc1. The van der Waals surface area contributed by atoms with Gasteiger partial charge < -0.3 is 20.1 Å². The third-order valence-corrected chi connectivity index (χ3v) is 4.00. The first-order chi connectivity index (χ1) is 15.0. The fourth-order valence-electron chi connectivity index (χ4n) is 2.59. The van der Waals surface area contributed by atoms with E-state index in [1.807, 2.05) is 6.92 Å². The van der Waals surface area contributed by atoms with Gasteiger partial charge in [0, 0.05) is 18.0 Å². The molecule has 3 aromatic rings. The van der Waals surface area contributed by atoms with Crippen LogP contribution < -0.4 is 15.4 Å². The van der Waals surface area contributed by atoms with E-state index in [0.717, 1.165) is 12.1 Å². The highest BCUT2D eigenvalue weighted by Gasteiger charge is 2.16. The minimum atomic E-state index is -0.936. The van der Waals surface area contributed by atoms with Crippen LogP contribution in [0.2, 0.25) is 0 Å². The zero-order chi connectivity index (χ0) is 22.2. The number of rotatable bonds is 8. The fraction of sp³-hybridized carbons (Fsp3) is 0.136. The maximum Gasteiger partial charge on any atom is 0.342 e. The first-order valence-corrected chi connectivity index (χ1v) is 9.33. The second-order valence-corrected chi connectivity index (χ2v) is 6.23. The summed E-state index contributed by atoms with van der Waals surface area (Å²) in [4.78, 5) is 28.5. The Kier molecular flexibility index (Phi) is 7.10. The number of hydrogen-bond donors (Lipinski definition) is 2. The Balaban J connectivity index is 1.62. The molecule has 7 nitrogen and oxygen atoms in total. The second-order valence-electron chi connectivity index (χ2n) is 6.23. The van der Waals surface area contributed by atoms with Crippen molar-refractivity contribution < 1.29 is 27.8 Å². The monoisotopic (exact) mass is 427 g/mol. The number of carbonyl (C=O) groups is 2. The van der Waals surface area contributed by atoms with E-state index in [-0.39, 0.29) is 17.1 Å². The molecule has 160 valence electrons. The molecule has 9 heteroatoms. The zero-order valence-electron chi connectivity index (χ0n) is 16.5. The number of anilines is 3. The van der Waals surface area contributed by atoms with Gasteiger partial charge in [0.25, 0.3) is 5.91 Å². The molecule has 3 rings (SSSR count). The van der Waals surface area contributed by atoms with Crippen LogP contribution in [0.5, 0.6) is 5.75 Å². The molecule has 0 unspecified atom stereocenters. The van der Waals surface area contributed by atoms with Gasteiger partial charge in [-0.15, -0.1) is 0 Å². The van der Waals surface area contributed by atoms with E-state index in [9.17, 15) is 18.4 Å². The van der Waals surface area contributed by atoms with Crippen molar-refractivity contribution in [3.63, 3.8) is 0 Å². The van der Waals surface area contributed by atoms with Gasteiger partial charge in [-0.3, -0.25) is 4.79 Å². The Bertz CT molecular complexity index is 1070. The summed E-state index contributed by atoms with van der Waals surface area (Å²) in [6.07, 6.45) is 1.50. The van der Waals surface area contributed by atoms with Crippen LogP contribution in [0.25, 0.3) is 0 Å². The van der Waals surface area contributed by atoms with E-state index in [4.69, 9.17) is 9.47 Å². The highest BCUT2D eigenvalue weighted by molar-refractivity contribution is 5.98. The van der Waals surface area contributed by atoms with Crippen LogP contribution in [0, 0.1) is 11.6 Å². The molecule has 1 amide bonds. The summed E-state index contributed by atoms with van der Waals surface area (Å²) in [5, 5.41) is 5.22. The molecule has 0 aliphatic carbocycles. The number of pyridine rings is 1. The van der Waals surface area contributed by atoms with Crippen LogP contribution >= 0.6 is 0 Å². The minimum absolute atomic E-state index is 0.108. The number of nitrogens with zero attached hydrogens (tertiary/aromatic N) is 1. The summed E-state index contributed by atoms with van der Waals surface area (Å²) in [5.74, 6) is -2.33. The van der Waals surface area contributed by atoms with Gasteiger partial charge in [-0.25, -0.2) is 18.6 Å². The zero-order valence-corrected chi connectivity index (χ0v) is 16.5. The average Bonchev–Trinajstić information content (AvgIpc) is 2.76. The Labute approximate surface area is 177 Å². The van der Waals surface area contributed by atoms with Crippen molar-refractivity contribution in [3.8, 4) is 5.75 Å². The number of hydrogen-bond acceptors (Lipinski definition) is 6. The highest BCUT2D eigenvalue weighted by Crippen LogP contribution is 2.22. The Hall–Kier alpha value is -4.01. The van der Waals surface area contributed by atoms with Crippen molar-refractivity contribution in [1.82, 2.24) is 4.98 Å². The largest absolute Gasteiger partial charge is 0.494 e. The van der Waals surface area contributed by atoms with Gasteiger partial charge in [-0.2, -0.15) is 0 Å². The molecular weight excluding hydrogens is 408 g/mol. The van der Waals surface area contributed by atoms with E-state index in [1.54, 1.807) is 30.3 Å². The second kappa shape index (κ2) is 10.1. The van der Waals surface area contributed by atoms with Gasteiger partial charge >= 0.3 is 5.97 Å². The molecule has 1 heterocycles. The molecule has 2 N–H and O–H groups in total. The summed E-state index contributed by atoms with van der Waals surface area (Å²) in [7, 11) is 0. The van der Waals surface area contributed by atoms with Gasteiger partial charge in [0.15, 0.2) is 6.61 Å². The van der Waals surface area contributed by atoms with Crippen molar-refractivity contribution in [2.45, 2.75) is 6.92 Å². The van der Waals surface area contributed by atoms with Crippen molar-refractivity contribution in [2.24, 2.45) is 0 Å². The van der Waals surface area contributed by atoms with Gasteiger partial charge in [0.1, 0.15) is 28.8 Å². The predicted octanol–water partition coefficient (Wildman–Crippen LogP) is 4.30. The standard InChI is InChI=1S/C22H19F2N3O4/c1-2-30-16-8-6-15(7-9-16)26-21-17(4-3-11-25-21)22(29)31-13-20(28)27-19-10-5-14(23)12-18(19)24/h3-12H,2,13H2,1H3,(H,25,26)(H,27,28). The molecule has 0 atom stereocenters. The van der Waals surface area contributed by atoms with Crippen LogP contribution in [-0.4, -0.2) is 30.1 Å². The number of amides is 1. The molecule has 0 saturated carbocycles. The Morgan fingerprint density at radius 2 is 1.84 bits per heavy atom. The summed E-state index contributed by atoms with van der Waals surface area (Å²) in [6, 6.07) is 12.8. The average molecular weight is 427 g/mol. The summed E-state index contributed by atoms with van der Waals surface area (Å²) in [6.45, 7) is 1.77. The third-order valence-electron chi connectivity index (χ3n) is 4.00. The molecule has 0 radical (unpaired) electrons. The van der Waals surface area contributed by atoms with Crippen molar-refractivity contribution in [3.05, 3.63) is 78.0 Å². The molecule has 1 aromatic heterocycles. The number of carbonyl (C=O) groups excluding carboxylic acids is 2. The molecular formula is C22H19F2N3O4. The van der Waals surface area contributed by atoms with Gasteiger partial charge in [0.05, 0.1) is 12.3 Å². The summed E-state index contributed by atoms with van der Waals surface area (Å²) >= 11 is 0. The number of nitrogens with one attached hydrogen (secondary N) is 2. The summed E-state index contributed by atoms with van der Waals surface area (Å²) < 4.78 is 36.9. The minimum Gasteiger partial charge on any atom is -0.494 e. The maximum absolute atomic E-state index is 13.6. The molecule has 0 spiro atoms. The smallest absolute Gasteiger partial charge is 0.342 e. The number of ether oxygens (including phenoxy) is 2. The molecule has 0 aliphatic heterocycles. The lowest BCUT2D eigenvalue weighted by Crippen LogP contribution is -2.22. The van der Waals surface area contributed by atoms with Gasteiger partial charge in [0.2, 0.25) is 0 Å². The van der Waals surface area contributed by atoms with Crippen LogP contribution in [0.3, 0.4) is 0 Å². The Morgan fingerprint density at radius 3 is 2.55 bits per heavy atom. The van der Waals surface area contributed by atoms with E-state index < -0.39 is 30.1 Å². The normalized spacial score (nSPS) is 10.3. The lowest BCUT2D eigenvalue weighted by atomic mass is 10.2. The molecule has 0 fully saturated rings. The first kappa shape index (κ1) is 21.7. The van der Waals surface area contributed by atoms with Crippen LogP contribution in [0.15, 0.2) is 60.8 Å². The van der Waals surface area contributed by atoms with E-state index >= 15 is 0 Å². The van der Waals surface area contributed by atoms with Crippen LogP contribution in [0.1, 0.15) is 17.3 Å². The lowest BCUT2D eigenvalue weighted by Gasteiger charge is -2.12.